The maximum Gasteiger partial charge on any atom is 0.296 e. The first-order chi connectivity index (χ1) is 10.0. The van der Waals surface area contributed by atoms with E-state index in [4.69, 9.17) is 4.74 Å². The van der Waals surface area contributed by atoms with Crippen LogP contribution in [0.3, 0.4) is 0 Å². The van der Waals surface area contributed by atoms with Gasteiger partial charge in [-0.1, -0.05) is 0 Å². The zero-order valence-corrected chi connectivity index (χ0v) is 11.6. The number of nitrogens with zero attached hydrogens (tertiary/aromatic N) is 3. The van der Waals surface area contributed by atoms with Crippen molar-refractivity contribution in [3.63, 3.8) is 0 Å². The minimum atomic E-state index is -0.576. The maximum atomic E-state index is 12.1. The molecule has 8 heteroatoms. The minimum absolute atomic E-state index is 0.107. The van der Waals surface area contributed by atoms with Gasteiger partial charge in [0.25, 0.3) is 11.6 Å². The van der Waals surface area contributed by atoms with Gasteiger partial charge in [-0.25, -0.2) is 0 Å². The number of hydrogen-bond donors (Lipinski definition) is 1. The summed E-state index contributed by atoms with van der Waals surface area (Å²) in [7, 11) is 1.41. The molecule has 1 aromatic heterocycles. The van der Waals surface area contributed by atoms with Gasteiger partial charge in [0, 0.05) is 12.7 Å². The highest BCUT2D eigenvalue weighted by Crippen LogP contribution is 2.29. The van der Waals surface area contributed by atoms with Crippen molar-refractivity contribution in [3.05, 3.63) is 46.3 Å². The predicted octanol–water partition coefficient (Wildman–Crippen LogP) is 2.07. The van der Waals surface area contributed by atoms with E-state index in [2.05, 4.69) is 10.4 Å². The third kappa shape index (κ3) is 3.16. The molecule has 0 radical (unpaired) electrons. The fraction of sp³-hybridized carbons (Fsp3) is 0.231. The topological polar surface area (TPSA) is 99.3 Å². The zero-order chi connectivity index (χ0) is 15.4. The van der Waals surface area contributed by atoms with Crippen LogP contribution < -0.4 is 10.1 Å². The molecule has 1 heterocycles. The second kappa shape index (κ2) is 6.04. The number of aryl methyl sites for hydroxylation is 1. The van der Waals surface area contributed by atoms with Gasteiger partial charge in [0.2, 0.25) is 0 Å². The molecule has 0 spiro atoms. The van der Waals surface area contributed by atoms with Gasteiger partial charge < -0.3 is 10.1 Å². The number of carbonyl (C=O) groups is 1. The van der Waals surface area contributed by atoms with E-state index in [9.17, 15) is 14.9 Å². The number of rotatable bonds is 5. The molecule has 0 aliphatic rings. The van der Waals surface area contributed by atoms with Crippen molar-refractivity contribution >= 4 is 17.3 Å². The molecule has 0 bridgehead atoms. The van der Waals surface area contributed by atoms with Crippen molar-refractivity contribution in [3.8, 4) is 5.75 Å². The third-order valence-corrected chi connectivity index (χ3v) is 2.87. The van der Waals surface area contributed by atoms with Crippen LogP contribution in [0.25, 0.3) is 0 Å². The van der Waals surface area contributed by atoms with Gasteiger partial charge in [-0.3, -0.25) is 19.6 Å². The van der Waals surface area contributed by atoms with Gasteiger partial charge in [-0.15, -0.1) is 0 Å². The fourth-order valence-corrected chi connectivity index (χ4v) is 1.74. The lowest BCUT2D eigenvalue weighted by Crippen LogP contribution is -2.12. The zero-order valence-electron chi connectivity index (χ0n) is 11.6. The SMILES string of the molecule is CCn1cc(C(=O)Nc2ccc(OC)cc2[N+](=O)[O-])cn1. The summed E-state index contributed by atoms with van der Waals surface area (Å²) in [6, 6.07) is 4.22. The van der Waals surface area contributed by atoms with Crippen LogP contribution in [-0.2, 0) is 6.54 Å². The lowest BCUT2D eigenvalue weighted by atomic mass is 10.2. The summed E-state index contributed by atoms with van der Waals surface area (Å²) in [5.74, 6) is -0.110. The van der Waals surface area contributed by atoms with Crippen LogP contribution in [0.15, 0.2) is 30.6 Å². The van der Waals surface area contributed by atoms with E-state index >= 15 is 0 Å². The first kappa shape index (κ1) is 14.5. The Labute approximate surface area is 120 Å². The van der Waals surface area contributed by atoms with Crippen LogP contribution in [0.2, 0.25) is 0 Å². The molecule has 0 aliphatic carbocycles. The monoisotopic (exact) mass is 290 g/mol. The number of ether oxygens (including phenoxy) is 1. The second-order valence-electron chi connectivity index (χ2n) is 4.18. The van der Waals surface area contributed by atoms with Crippen molar-refractivity contribution in [1.82, 2.24) is 9.78 Å². The normalized spacial score (nSPS) is 10.2. The maximum absolute atomic E-state index is 12.1. The molecule has 21 heavy (non-hydrogen) atoms. The van der Waals surface area contributed by atoms with Crippen LogP contribution in [0.1, 0.15) is 17.3 Å². The molecule has 2 aromatic rings. The molecule has 8 nitrogen and oxygen atoms in total. The summed E-state index contributed by atoms with van der Waals surface area (Å²) in [5.41, 5.74) is 0.211. The highest BCUT2D eigenvalue weighted by molar-refractivity contribution is 6.05. The molecule has 1 aromatic carbocycles. The van der Waals surface area contributed by atoms with E-state index in [-0.39, 0.29) is 11.4 Å². The van der Waals surface area contributed by atoms with Crippen LogP contribution in [-0.4, -0.2) is 27.7 Å². The molecule has 0 fully saturated rings. The summed E-state index contributed by atoms with van der Waals surface area (Å²) in [6.45, 7) is 2.53. The van der Waals surface area contributed by atoms with Crippen LogP contribution in [0.4, 0.5) is 11.4 Å². The Morgan fingerprint density at radius 2 is 2.29 bits per heavy atom. The number of aromatic nitrogens is 2. The van der Waals surface area contributed by atoms with E-state index in [1.807, 2.05) is 6.92 Å². The van der Waals surface area contributed by atoms with Crippen LogP contribution in [0.5, 0.6) is 5.75 Å². The largest absolute Gasteiger partial charge is 0.496 e. The van der Waals surface area contributed by atoms with E-state index in [1.165, 1.54) is 31.5 Å². The number of nitro groups is 1. The quantitative estimate of drug-likeness (QED) is 0.671. The smallest absolute Gasteiger partial charge is 0.296 e. The molecular formula is C13H14N4O4. The standard InChI is InChI=1S/C13H14N4O4/c1-3-16-8-9(7-14-16)13(18)15-11-5-4-10(21-2)6-12(11)17(19)20/h4-8H,3H2,1-2H3,(H,15,18). The highest BCUT2D eigenvalue weighted by Gasteiger charge is 2.18. The van der Waals surface area contributed by atoms with Crippen molar-refractivity contribution in [2.45, 2.75) is 13.5 Å². The average Bonchev–Trinajstić information content (AvgIpc) is 2.96. The lowest BCUT2D eigenvalue weighted by Gasteiger charge is -2.06. The van der Waals surface area contributed by atoms with E-state index in [0.29, 0.717) is 17.9 Å². The van der Waals surface area contributed by atoms with Gasteiger partial charge in [0.05, 0.1) is 29.9 Å². The molecule has 0 unspecified atom stereocenters. The number of hydrogen-bond acceptors (Lipinski definition) is 5. The van der Waals surface area contributed by atoms with Crippen molar-refractivity contribution < 1.29 is 14.5 Å². The average molecular weight is 290 g/mol. The number of nitrogens with one attached hydrogen (secondary N) is 1. The molecule has 2 rings (SSSR count). The Morgan fingerprint density at radius 3 is 2.86 bits per heavy atom. The Hall–Kier alpha value is -2.90. The first-order valence-corrected chi connectivity index (χ1v) is 6.21. The fourth-order valence-electron chi connectivity index (χ4n) is 1.74. The number of methoxy groups -OCH3 is 1. The summed E-state index contributed by atoms with van der Waals surface area (Å²) >= 11 is 0. The summed E-state index contributed by atoms with van der Waals surface area (Å²) in [5, 5.41) is 17.5. The van der Waals surface area contributed by atoms with Crippen molar-refractivity contribution in [2.24, 2.45) is 0 Å². The highest BCUT2D eigenvalue weighted by atomic mass is 16.6. The number of carbonyl (C=O) groups excluding carboxylic acids is 1. The molecule has 1 amide bonds. The third-order valence-electron chi connectivity index (χ3n) is 2.87. The number of anilines is 1. The van der Waals surface area contributed by atoms with Gasteiger partial charge in [0.15, 0.2) is 0 Å². The Balaban J connectivity index is 2.26. The molecule has 0 saturated heterocycles. The van der Waals surface area contributed by atoms with E-state index < -0.39 is 10.8 Å². The first-order valence-electron chi connectivity index (χ1n) is 6.21. The van der Waals surface area contributed by atoms with Gasteiger partial charge >= 0.3 is 0 Å². The van der Waals surface area contributed by atoms with E-state index in [1.54, 1.807) is 10.9 Å². The van der Waals surface area contributed by atoms with Crippen molar-refractivity contribution in [1.29, 1.82) is 0 Å². The van der Waals surface area contributed by atoms with Gasteiger partial charge in [-0.05, 0) is 19.1 Å². The van der Waals surface area contributed by atoms with Crippen LogP contribution >= 0.6 is 0 Å². The van der Waals surface area contributed by atoms with Crippen LogP contribution in [0, 0.1) is 10.1 Å². The van der Waals surface area contributed by atoms with E-state index in [0.717, 1.165) is 0 Å². The summed E-state index contributed by atoms with van der Waals surface area (Å²) in [4.78, 5) is 22.5. The Bertz CT molecular complexity index is 681. The predicted molar refractivity (Wildman–Crippen MR) is 75.5 cm³/mol. The number of amides is 1. The minimum Gasteiger partial charge on any atom is -0.496 e. The summed E-state index contributed by atoms with van der Waals surface area (Å²) in [6.07, 6.45) is 2.99. The molecule has 110 valence electrons. The van der Waals surface area contributed by atoms with Gasteiger partial charge in [0.1, 0.15) is 11.4 Å². The molecule has 0 saturated carbocycles. The Morgan fingerprint density at radius 1 is 1.52 bits per heavy atom. The van der Waals surface area contributed by atoms with Gasteiger partial charge in [-0.2, -0.15) is 5.10 Å². The number of benzene rings is 1. The number of nitro benzene ring substituents is 1. The second-order valence-corrected chi connectivity index (χ2v) is 4.18. The lowest BCUT2D eigenvalue weighted by molar-refractivity contribution is -0.384. The molecule has 0 aliphatic heterocycles. The molecular weight excluding hydrogens is 276 g/mol. The molecule has 1 N–H and O–H groups in total. The molecule has 0 atom stereocenters. The Kier molecular flexibility index (Phi) is 4.17. The van der Waals surface area contributed by atoms with Crippen molar-refractivity contribution in [2.75, 3.05) is 12.4 Å². The summed E-state index contributed by atoms with van der Waals surface area (Å²) < 4.78 is 6.53.